The van der Waals surface area contributed by atoms with Gasteiger partial charge in [0.2, 0.25) is 5.91 Å². The van der Waals surface area contributed by atoms with Crippen molar-refractivity contribution in [2.75, 3.05) is 52.5 Å². The molecular formula is C26H34FN5O3S. The first kappa shape index (κ1) is 26.4. The van der Waals surface area contributed by atoms with E-state index >= 15 is 4.39 Å². The molecule has 0 saturated carbocycles. The Balaban J connectivity index is 1.56. The second kappa shape index (κ2) is 12.0. The molecule has 0 radical (unpaired) electrons. The predicted molar refractivity (Wildman–Crippen MR) is 140 cm³/mol. The van der Waals surface area contributed by atoms with Gasteiger partial charge in [0.15, 0.2) is 5.17 Å². The Morgan fingerprint density at radius 1 is 1.22 bits per heavy atom. The van der Waals surface area contributed by atoms with Crippen LogP contribution in [0.5, 0.6) is 0 Å². The van der Waals surface area contributed by atoms with Gasteiger partial charge in [-0.2, -0.15) is 0 Å². The number of aliphatic imine (C=N–C) groups is 1. The normalized spacial score (nSPS) is 20.1. The molecule has 3 aliphatic rings. The molecule has 0 spiro atoms. The summed E-state index contributed by atoms with van der Waals surface area (Å²) in [4.78, 5) is 37.0. The van der Waals surface area contributed by atoms with Crippen molar-refractivity contribution in [3.05, 3.63) is 58.0 Å². The summed E-state index contributed by atoms with van der Waals surface area (Å²) < 4.78 is 20.5. The van der Waals surface area contributed by atoms with Gasteiger partial charge in [0.1, 0.15) is 5.82 Å². The number of halogens is 1. The molecule has 1 unspecified atom stereocenters. The summed E-state index contributed by atoms with van der Waals surface area (Å²) in [5, 5.41) is 5.53. The number of amides is 2. The lowest BCUT2D eigenvalue weighted by Gasteiger charge is -2.38. The van der Waals surface area contributed by atoms with E-state index in [-0.39, 0.29) is 18.2 Å². The molecule has 8 nitrogen and oxygen atoms in total. The first-order valence-electron chi connectivity index (χ1n) is 12.5. The predicted octanol–water partition coefficient (Wildman–Crippen LogP) is 3.11. The molecule has 3 heterocycles. The average molecular weight is 516 g/mol. The molecule has 1 aromatic rings. The van der Waals surface area contributed by atoms with Crippen molar-refractivity contribution in [2.24, 2.45) is 4.99 Å². The van der Waals surface area contributed by atoms with Crippen LogP contribution in [0.15, 0.2) is 51.6 Å². The molecule has 3 aliphatic heterocycles. The van der Waals surface area contributed by atoms with Crippen LogP contribution in [-0.2, 0) is 14.3 Å². The number of allylic oxidation sites excluding steroid dienone is 1. The van der Waals surface area contributed by atoms with Gasteiger partial charge < -0.3 is 19.9 Å². The third-order valence-electron chi connectivity index (χ3n) is 6.68. The van der Waals surface area contributed by atoms with Crippen LogP contribution in [0.1, 0.15) is 38.8 Å². The molecule has 1 atom stereocenters. The van der Waals surface area contributed by atoms with Gasteiger partial charge in [0.25, 0.3) is 5.91 Å². The molecule has 194 valence electrons. The number of carbonyl (C=O) groups excluding carboxylic acids is 2. The van der Waals surface area contributed by atoms with Gasteiger partial charge in [0.05, 0.1) is 36.9 Å². The fourth-order valence-electron chi connectivity index (χ4n) is 4.72. The molecule has 0 aromatic heterocycles. The first-order valence-corrected chi connectivity index (χ1v) is 13.4. The molecule has 1 saturated heterocycles. The minimum absolute atomic E-state index is 0.117. The molecule has 0 bridgehead atoms. The minimum atomic E-state index is -0.700. The molecule has 0 aliphatic carbocycles. The lowest BCUT2D eigenvalue weighted by Crippen LogP contribution is -2.43. The zero-order valence-electron chi connectivity index (χ0n) is 21.1. The van der Waals surface area contributed by atoms with Gasteiger partial charge in [-0.05, 0) is 32.2 Å². The Morgan fingerprint density at radius 2 is 1.94 bits per heavy atom. The summed E-state index contributed by atoms with van der Waals surface area (Å²) in [5.41, 5.74) is 2.10. The lowest BCUT2D eigenvalue weighted by molar-refractivity contribution is -0.127. The number of thioether (sulfide) groups is 1. The van der Waals surface area contributed by atoms with Crippen molar-refractivity contribution in [2.45, 2.75) is 33.2 Å². The van der Waals surface area contributed by atoms with Crippen molar-refractivity contribution in [3.63, 3.8) is 0 Å². The third kappa shape index (κ3) is 5.66. The minimum Gasteiger partial charge on any atom is -0.379 e. The van der Waals surface area contributed by atoms with Crippen LogP contribution in [0.25, 0.3) is 0 Å². The molecular weight excluding hydrogens is 481 g/mol. The number of benzene rings is 1. The van der Waals surface area contributed by atoms with Crippen LogP contribution in [0, 0.1) is 5.82 Å². The van der Waals surface area contributed by atoms with Crippen molar-refractivity contribution in [1.29, 1.82) is 0 Å². The van der Waals surface area contributed by atoms with E-state index in [1.54, 1.807) is 30.0 Å². The summed E-state index contributed by atoms with van der Waals surface area (Å²) >= 11 is 1.39. The second-order valence-electron chi connectivity index (χ2n) is 8.87. The highest BCUT2D eigenvalue weighted by Gasteiger charge is 2.42. The molecule has 1 N–H and O–H groups in total. The largest absolute Gasteiger partial charge is 0.379 e. The summed E-state index contributed by atoms with van der Waals surface area (Å²) in [6.45, 7) is 11.2. The highest BCUT2D eigenvalue weighted by Crippen LogP contribution is 2.45. The Labute approximate surface area is 216 Å². The van der Waals surface area contributed by atoms with Gasteiger partial charge in [-0.15, -0.1) is 0 Å². The standard InChI is InChI=1S/C26H34FN5O3S/c1-4-31(5-2)25(34)23-18(3)29-26-32(24(23)20-8-6-7-9-21(20)27)19(17-36-26)16-22(33)28-10-11-30-12-14-35-15-13-30/h6-9,17,24H,4-5,10-16H2,1-3H3,(H,28,33). The lowest BCUT2D eigenvalue weighted by atomic mass is 9.92. The quantitative estimate of drug-likeness (QED) is 0.545. The Bertz CT molecular complexity index is 1080. The number of hydrogen-bond acceptors (Lipinski definition) is 7. The average Bonchev–Trinajstić information content (AvgIpc) is 3.26. The summed E-state index contributed by atoms with van der Waals surface area (Å²) in [6, 6.07) is 5.81. The van der Waals surface area contributed by atoms with E-state index in [1.807, 2.05) is 24.2 Å². The fourth-order valence-corrected chi connectivity index (χ4v) is 5.68. The molecule has 4 rings (SSSR count). The number of nitrogens with zero attached hydrogens (tertiary/aromatic N) is 4. The molecule has 1 aromatic carbocycles. The molecule has 10 heteroatoms. The van der Waals surface area contributed by atoms with Crippen LogP contribution in [0.4, 0.5) is 4.39 Å². The Hall–Kier alpha value is -2.69. The van der Waals surface area contributed by atoms with Gasteiger partial charge in [-0.25, -0.2) is 9.38 Å². The van der Waals surface area contributed by atoms with E-state index in [0.717, 1.165) is 19.6 Å². The number of morpholine rings is 1. The van der Waals surface area contributed by atoms with Crippen LogP contribution >= 0.6 is 11.8 Å². The number of amidine groups is 1. The number of fused-ring (bicyclic) bond motifs is 1. The maximum atomic E-state index is 15.2. The zero-order chi connectivity index (χ0) is 25.7. The topological polar surface area (TPSA) is 77.5 Å². The van der Waals surface area contributed by atoms with E-state index in [9.17, 15) is 9.59 Å². The first-order chi connectivity index (χ1) is 17.4. The Kier molecular flexibility index (Phi) is 8.81. The van der Waals surface area contributed by atoms with Crippen molar-refractivity contribution >= 4 is 28.7 Å². The van der Waals surface area contributed by atoms with E-state index < -0.39 is 11.9 Å². The number of hydrogen-bond donors (Lipinski definition) is 1. The zero-order valence-corrected chi connectivity index (χ0v) is 21.9. The van der Waals surface area contributed by atoms with Crippen molar-refractivity contribution < 1.29 is 18.7 Å². The highest BCUT2D eigenvalue weighted by atomic mass is 32.2. The third-order valence-corrected chi connectivity index (χ3v) is 7.57. The summed E-state index contributed by atoms with van der Waals surface area (Å²) in [6.07, 6.45) is 0.117. The second-order valence-corrected chi connectivity index (χ2v) is 9.71. The SMILES string of the molecule is CCN(CC)C(=O)C1=C(C)N=C2SC=C(CC(=O)NCCN3CCOCC3)N2C1c1ccccc1F. The van der Waals surface area contributed by atoms with E-state index in [4.69, 9.17) is 9.73 Å². The van der Waals surface area contributed by atoms with Gasteiger partial charge in [-0.1, -0.05) is 30.0 Å². The summed E-state index contributed by atoms with van der Waals surface area (Å²) in [7, 11) is 0. The maximum Gasteiger partial charge on any atom is 0.254 e. The monoisotopic (exact) mass is 515 g/mol. The van der Waals surface area contributed by atoms with Crippen molar-refractivity contribution in [3.8, 4) is 0 Å². The maximum absolute atomic E-state index is 15.2. The number of ether oxygens (including phenoxy) is 1. The summed E-state index contributed by atoms with van der Waals surface area (Å²) in [5.74, 6) is -0.682. The number of carbonyl (C=O) groups is 2. The van der Waals surface area contributed by atoms with Crippen LogP contribution < -0.4 is 5.32 Å². The molecule has 2 amide bonds. The van der Waals surface area contributed by atoms with Gasteiger partial charge >= 0.3 is 0 Å². The van der Waals surface area contributed by atoms with E-state index in [1.165, 1.54) is 17.8 Å². The van der Waals surface area contributed by atoms with Crippen molar-refractivity contribution in [1.82, 2.24) is 20.0 Å². The van der Waals surface area contributed by atoms with Crippen LogP contribution in [0.2, 0.25) is 0 Å². The van der Waals surface area contributed by atoms with Crippen LogP contribution in [0.3, 0.4) is 0 Å². The van der Waals surface area contributed by atoms with Gasteiger partial charge in [-0.3, -0.25) is 14.5 Å². The number of nitrogens with one attached hydrogen (secondary N) is 1. The van der Waals surface area contributed by atoms with E-state index in [2.05, 4.69) is 10.2 Å². The van der Waals surface area contributed by atoms with E-state index in [0.29, 0.717) is 60.5 Å². The smallest absolute Gasteiger partial charge is 0.254 e. The fraction of sp³-hybridized carbons (Fsp3) is 0.500. The van der Waals surface area contributed by atoms with Gasteiger partial charge in [0, 0.05) is 50.5 Å². The van der Waals surface area contributed by atoms with Crippen LogP contribution in [-0.4, -0.2) is 84.2 Å². The Morgan fingerprint density at radius 3 is 2.64 bits per heavy atom. The highest BCUT2D eigenvalue weighted by molar-refractivity contribution is 8.16. The molecule has 36 heavy (non-hydrogen) atoms. The molecule has 1 fully saturated rings. The number of likely N-dealkylation sites (N-methyl/N-ethyl adjacent to an activating group) is 1. The number of rotatable bonds is 9.